The molecule has 9 heteroatoms. The summed E-state index contributed by atoms with van der Waals surface area (Å²) in [6.07, 6.45) is 2.94. The molecule has 1 aliphatic heterocycles. The van der Waals surface area contributed by atoms with Crippen LogP contribution >= 0.6 is 0 Å². The van der Waals surface area contributed by atoms with Gasteiger partial charge in [-0.2, -0.15) is 8.78 Å². The van der Waals surface area contributed by atoms with Gasteiger partial charge in [-0.15, -0.1) is 0 Å². The van der Waals surface area contributed by atoms with Gasteiger partial charge in [-0.1, -0.05) is 12.1 Å². The Labute approximate surface area is 195 Å². The van der Waals surface area contributed by atoms with E-state index in [0.29, 0.717) is 24.9 Å². The Balaban J connectivity index is 1.55. The predicted octanol–water partition coefficient (Wildman–Crippen LogP) is 4.63. The molecule has 6 nitrogen and oxygen atoms in total. The zero-order chi connectivity index (χ0) is 24.0. The summed E-state index contributed by atoms with van der Waals surface area (Å²) < 4.78 is 48.4. The first-order valence-corrected chi connectivity index (χ1v) is 11.5. The first-order chi connectivity index (χ1) is 16.3. The SMILES string of the molecule is Cc1nc(N[C@H](C)c2cccc(C(F)(F)CO)c2F)c2cc(NC3COC3)c3c(c2n1)CCC3. The lowest BCUT2D eigenvalue weighted by Gasteiger charge is -2.29. The minimum Gasteiger partial charge on any atom is -0.390 e. The number of fused-ring (bicyclic) bond motifs is 3. The molecule has 0 amide bonds. The molecule has 0 spiro atoms. The minimum atomic E-state index is -3.66. The van der Waals surface area contributed by atoms with Crippen LogP contribution < -0.4 is 10.6 Å². The molecule has 1 aromatic heterocycles. The van der Waals surface area contributed by atoms with E-state index in [1.165, 1.54) is 23.3 Å². The molecule has 1 fully saturated rings. The highest BCUT2D eigenvalue weighted by Gasteiger charge is 2.35. The normalized spacial score (nSPS) is 16.9. The topological polar surface area (TPSA) is 79.3 Å². The van der Waals surface area contributed by atoms with Crippen molar-refractivity contribution in [3.05, 3.63) is 58.2 Å². The first kappa shape index (κ1) is 22.9. The van der Waals surface area contributed by atoms with Gasteiger partial charge in [0.25, 0.3) is 5.92 Å². The Morgan fingerprint density at radius 1 is 1.21 bits per heavy atom. The van der Waals surface area contributed by atoms with Gasteiger partial charge < -0.3 is 20.5 Å². The van der Waals surface area contributed by atoms with Crippen LogP contribution in [0.1, 0.15) is 47.5 Å². The maximum atomic E-state index is 15.0. The molecule has 1 atom stereocenters. The standard InChI is InChI=1S/C25H27F3N4O2/c1-13(16-5-4-8-20(22(16)26)25(27,28)12-33)29-24-19-9-21(32-15-10-34-11-15)17-6-3-7-18(17)23(19)30-14(2)31-24/h4-5,8-9,13,15,32-33H,3,6-7,10-12H2,1-2H3,(H,29,30,31)/t13-/m1/s1. The van der Waals surface area contributed by atoms with Crippen molar-refractivity contribution in [1.29, 1.82) is 0 Å². The molecule has 0 unspecified atom stereocenters. The van der Waals surface area contributed by atoms with Crippen molar-refractivity contribution in [1.82, 2.24) is 9.97 Å². The number of aliphatic hydroxyl groups is 1. The van der Waals surface area contributed by atoms with Crippen molar-refractivity contribution in [2.24, 2.45) is 0 Å². The summed E-state index contributed by atoms with van der Waals surface area (Å²) in [6.45, 7) is 3.36. The van der Waals surface area contributed by atoms with Crippen LogP contribution in [-0.2, 0) is 23.5 Å². The number of nitrogens with one attached hydrogen (secondary N) is 2. The summed E-state index contributed by atoms with van der Waals surface area (Å²) in [4.78, 5) is 9.29. The van der Waals surface area contributed by atoms with Gasteiger partial charge in [0.1, 0.15) is 24.1 Å². The Hall–Kier alpha value is -2.91. The quantitative estimate of drug-likeness (QED) is 0.465. The number of hydrogen-bond donors (Lipinski definition) is 3. The van der Waals surface area contributed by atoms with Gasteiger partial charge in [-0.05, 0) is 56.4 Å². The van der Waals surface area contributed by atoms with Crippen LogP contribution in [0, 0.1) is 12.7 Å². The zero-order valence-electron chi connectivity index (χ0n) is 19.1. The van der Waals surface area contributed by atoms with Crippen LogP contribution in [-0.4, -0.2) is 40.9 Å². The number of nitrogens with zero attached hydrogens (tertiary/aromatic N) is 2. The minimum absolute atomic E-state index is 0.0705. The van der Waals surface area contributed by atoms with Gasteiger partial charge in [0.05, 0.1) is 36.4 Å². The monoisotopic (exact) mass is 472 g/mol. The summed E-state index contributed by atoms with van der Waals surface area (Å²) in [7, 11) is 0. The lowest BCUT2D eigenvalue weighted by atomic mass is 9.99. The number of benzene rings is 2. The van der Waals surface area contributed by atoms with Crippen molar-refractivity contribution >= 4 is 22.4 Å². The third-order valence-corrected chi connectivity index (χ3v) is 6.61. The maximum absolute atomic E-state index is 15.0. The largest absolute Gasteiger partial charge is 0.390 e. The van der Waals surface area contributed by atoms with Crippen LogP contribution in [0.4, 0.5) is 24.7 Å². The highest BCUT2D eigenvalue weighted by Crippen LogP contribution is 2.39. The molecule has 3 N–H and O–H groups in total. The number of aliphatic hydroxyl groups excluding tert-OH is 1. The molecule has 2 heterocycles. The number of ether oxygens (including phenoxy) is 1. The van der Waals surface area contributed by atoms with Gasteiger partial charge in [-0.25, -0.2) is 14.4 Å². The van der Waals surface area contributed by atoms with E-state index in [2.05, 4.69) is 15.6 Å². The summed E-state index contributed by atoms with van der Waals surface area (Å²) in [5.74, 6) is -3.60. The molecule has 0 bridgehead atoms. The molecular formula is C25H27F3N4O2. The maximum Gasteiger partial charge on any atom is 0.298 e. The highest BCUT2D eigenvalue weighted by molar-refractivity contribution is 5.96. The number of aryl methyl sites for hydroxylation is 2. The number of rotatable bonds is 7. The second kappa shape index (κ2) is 8.70. The summed E-state index contributed by atoms with van der Waals surface area (Å²) >= 11 is 0. The summed E-state index contributed by atoms with van der Waals surface area (Å²) in [5, 5.41) is 16.6. The van der Waals surface area contributed by atoms with Gasteiger partial charge in [0.2, 0.25) is 0 Å². The van der Waals surface area contributed by atoms with Crippen molar-refractivity contribution < 1.29 is 23.0 Å². The van der Waals surface area contributed by atoms with E-state index in [1.54, 1.807) is 13.8 Å². The molecule has 1 saturated heterocycles. The van der Waals surface area contributed by atoms with Crippen molar-refractivity contribution in [3.63, 3.8) is 0 Å². The number of anilines is 2. The fourth-order valence-electron chi connectivity index (χ4n) is 4.79. The molecule has 5 rings (SSSR count). The summed E-state index contributed by atoms with van der Waals surface area (Å²) in [5.41, 5.74) is 3.61. The molecule has 0 saturated carbocycles. The molecule has 2 aromatic carbocycles. The third kappa shape index (κ3) is 3.96. The lowest BCUT2D eigenvalue weighted by Crippen LogP contribution is -2.40. The van der Waals surface area contributed by atoms with E-state index in [-0.39, 0.29) is 11.6 Å². The average Bonchev–Trinajstić information content (AvgIpc) is 3.27. The van der Waals surface area contributed by atoms with E-state index in [9.17, 15) is 8.78 Å². The van der Waals surface area contributed by atoms with Crippen LogP contribution in [0.15, 0.2) is 24.3 Å². The zero-order valence-corrected chi connectivity index (χ0v) is 19.1. The van der Waals surface area contributed by atoms with Crippen molar-refractivity contribution in [2.75, 3.05) is 30.5 Å². The predicted molar refractivity (Wildman–Crippen MR) is 124 cm³/mol. The Morgan fingerprint density at radius 3 is 2.68 bits per heavy atom. The second-order valence-electron chi connectivity index (χ2n) is 9.07. The molecule has 2 aliphatic rings. The van der Waals surface area contributed by atoms with E-state index in [1.807, 2.05) is 6.07 Å². The van der Waals surface area contributed by atoms with Crippen LogP contribution in [0.2, 0.25) is 0 Å². The molecule has 3 aromatic rings. The highest BCUT2D eigenvalue weighted by atomic mass is 19.3. The second-order valence-corrected chi connectivity index (χ2v) is 9.07. The third-order valence-electron chi connectivity index (χ3n) is 6.61. The molecular weight excluding hydrogens is 445 g/mol. The van der Waals surface area contributed by atoms with Gasteiger partial charge in [-0.3, -0.25) is 0 Å². The van der Waals surface area contributed by atoms with E-state index < -0.39 is 30.0 Å². The number of aromatic nitrogens is 2. The molecule has 34 heavy (non-hydrogen) atoms. The van der Waals surface area contributed by atoms with Gasteiger partial charge in [0, 0.05) is 16.6 Å². The van der Waals surface area contributed by atoms with Crippen LogP contribution in [0.25, 0.3) is 10.9 Å². The number of hydrogen-bond acceptors (Lipinski definition) is 6. The van der Waals surface area contributed by atoms with Gasteiger partial charge in [0.15, 0.2) is 0 Å². The summed E-state index contributed by atoms with van der Waals surface area (Å²) in [6, 6.07) is 5.46. The number of halogens is 3. The smallest absolute Gasteiger partial charge is 0.298 e. The Bertz CT molecular complexity index is 1250. The van der Waals surface area contributed by atoms with Crippen LogP contribution in [0.5, 0.6) is 0 Å². The van der Waals surface area contributed by atoms with Crippen molar-refractivity contribution in [3.8, 4) is 0 Å². The molecule has 180 valence electrons. The number of alkyl halides is 2. The Morgan fingerprint density at radius 2 is 1.97 bits per heavy atom. The van der Waals surface area contributed by atoms with E-state index >= 15 is 4.39 Å². The molecule has 1 aliphatic carbocycles. The fraction of sp³-hybridized carbons (Fsp3) is 0.440. The van der Waals surface area contributed by atoms with E-state index in [4.69, 9.17) is 14.8 Å². The van der Waals surface area contributed by atoms with Crippen LogP contribution in [0.3, 0.4) is 0 Å². The van der Waals surface area contributed by atoms with Gasteiger partial charge >= 0.3 is 0 Å². The first-order valence-electron chi connectivity index (χ1n) is 11.5. The lowest BCUT2D eigenvalue weighted by molar-refractivity contribution is -0.0583. The molecule has 0 radical (unpaired) electrons. The average molecular weight is 473 g/mol. The Kier molecular flexibility index (Phi) is 5.85. The van der Waals surface area contributed by atoms with E-state index in [0.717, 1.165) is 41.9 Å². The van der Waals surface area contributed by atoms with Crippen molar-refractivity contribution in [2.45, 2.75) is 51.1 Å². The fourth-order valence-corrected chi connectivity index (χ4v) is 4.79.